The summed E-state index contributed by atoms with van der Waals surface area (Å²) in [5.74, 6) is -1.62. The predicted molar refractivity (Wildman–Crippen MR) is 89.7 cm³/mol. The molecule has 7 heteroatoms. The number of rotatable bonds is 2. The van der Waals surface area contributed by atoms with Crippen molar-refractivity contribution in [2.45, 2.75) is 50.7 Å². The highest BCUT2D eigenvalue weighted by atomic mass is 32.1. The SMILES string of the molecule is COC(=O)c1c(N2C(=O)[C@H]3[C@H](C2=O)[C@H]2CC[C@H]3O2)sc2c1CCCC2. The number of anilines is 1. The van der Waals surface area contributed by atoms with Gasteiger partial charge >= 0.3 is 5.97 Å². The van der Waals surface area contributed by atoms with Gasteiger partial charge in [-0.15, -0.1) is 11.3 Å². The number of aryl methyl sites for hydroxylation is 1. The van der Waals surface area contributed by atoms with Gasteiger partial charge < -0.3 is 9.47 Å². The molecule has 3 saturated heterocycles. The first-order valence-electron chi connectivity index (χ1n) is 8.88. The number of methoxy groups -OCH3 is 1. The molecule has 1 aromatic rings. The molecule has 0 spiro atoms. The van der Waals surface area contributed by atoms with Gasteiger partial charge in [-0.2, -0.15) is 0 Å². The Morgan fingerprint density at radius 3 is 2.40 bits per heavy atom. The fraction of sp³-hybridized carbons (Fsp3) is 0.611. The summed E-state index contributed by atoms with van der Waals surface area (Å²) in [6.07, 6.45) is 5.15. The van der Waals surface area contributed by atoms with Crippen LogP contribution in [0, 0.1) is 11.8 Å². The van der Waals surface area contributed by atoms with E-state index in [1.807, 2.05) is 0 Å². The van der Waals surface area contributed by atoms with E-state index in [4.69, 9.17) is 9.47 Å². The summed E-state index contributed by atoms with van der Waals surface area (Å²) >= 11 is 1.41. The van der Waals surface area contributed by atoms with Gasteiger partial charge in [0.1, 0.15) is 5.00 Å². The molecule has 25 heavy (non-hydrogen) atoms. The number of imide groups is 1. The van der Waals surface area contributed by atoms with E-state index in [9.17, 15) is 14.4 Å². The van der Waals surface area contributed by atoms with Gasteiger partial charge in [-0.3, -0.25) is 9.59 Å². The van der Waals surface area contributed by atoms with Crippen LogP contribution in [0.1, 0.15) is 46.5 Å². The Bertz CT molecular complexity index is 772. The number of carbonyl (C=O) groups is 3. The minimum Gasteiger partial charge on any atom is -0.465 e. The third-order valence-corrected chi connectivity index (χ3v) is 7.31. The molecule has 3 fully saturated rings. The Hall–Kier alpha value is -1.73. The van der Waals surface area contributed by atoms with Crippen molar-refractivity contribution in [1.82, 2.24) is 0 Å². The molecule has 1 aliphatic carbocycles. The number of fused-ring (bicyclic) bond motifs is 6. The summed E-state index contributed by atoms with van der Waals surface area (Å²) < 4.78 is 10.8. The van der Waals surface area contributed by atoms with Crippen LogP contribution in [0.5, 0.6) is 0 Å². The van der Waals surface area contributed by atoms with Crippen molar-refractivity contribution in [3.05, 3.63) is 16.0 Å². The molecule has 4 aliphatic rings. The number of nitrogens with zero attached hydrogens (tertiary/aromatic N) is 1. The maximum Gasteiger partial charge on any atom is 0.341 e. The molecule has 6 nitrogen and oxygen atoms in total. The van der Waals surface area contributed by atoms with Crippen LogP contribution in [0.4, 0.5) is 5.00 Å². The van der Waals surface area contributed by atoms with Crippen molar-refractivity contribution in [3.63, 3.8) is 0 Å². The third kappa shape index (κ3) is 1.96. The van der Waals surface area contributed by atoms with Crippen LogP contribution in [-0.4, -0.2) is 37.1 Å². The van der Waals surface area contributed by atoms with Crippen LogP contribution >= 0.6 is 11.3 Å². The maximum absolute atomic E-state index is 13.0. The molecule has 0 aromatic carbocycles. The molecular formula is C18H19NO5S. The van der Waals surface area contributed by atoms with E-state index >= 15 is 0 Å². The minimum absolute atomic E-state index is 0.146. The summed E-state index contributed by atoms with van der Waals surface area (Å²) in [7, 11) is 1.34. The molecule has 2 amide bonds. The molecule has 132 valence electrons. The largest absolute Gasteiger partial charge is 0.465 e. The van der Waals surface area contributed by atoms with Crippen LogP contribution in [0.2, 0.25) is 0 Å². The standard InChI is InChI=1S/C18H19NO5S/c1-23-18(22)12-8-4-2-3-5-11(8)25-17(12)19-15(20)13-9-6-7-10(24-9)14(13)16(19)21/h9-10,13-14H,2-7H2,1H3/t9-,10-,13-,14-/m1/s1. The summed E-state index contributed by atoms with van der Waals surface area (Å²) in [6, 6.07) is 0. The molecule has 2 bridgehead atoms. The Balaban J connectivity index is 1.62. The zero-order valence-corrected chi connectivity index (χ0v) is 14.8. The molecule has 1 aromatic heterocycles. The lowest BCUT2D eigenvalue weighted by Crippen LogP contribution is -2.34. The molecule has 5 rings (SSSR count). The Labute approximate surface area is 149 Å². The van der Waals surface area contributed by atoms with Crippen LogP contribution in [0.15, 0.2) is 0 Å². The topological polar surface area (TPSA) is 72.9 Å². The van der Waals surface area contributed by atoms with Gasteiger partial charge in [0.25, 0.3) is 0 Å². The Morgan fingerprint density at radius 1 is 1.12 bits per heavy atom. The molecular weight excluding hydrogens is 342 g/mol. The van der Waals surface area contributed by atoms with Crippen LogP contribution < -0.4 is 4.90 Å². The second-order valence-corrected chi connectivity index (χ2v) is 8.32. The third-order valence-electron chi connectivity index (χ3n) is 6.03. The second kappa shape index (κ2) is 5.38. The van der Waals surface area contributed by atoms with E-state index in [1.165, 1.54) is 23.3 Å². The summed E-state index contributed by atoms with van der Waals surface area (Å²) in [5, 5.41) is 0.475. The number of amides is 2. The lowest BCUT2D eigenvalue weighted by molar-refractivity contribution is -0.124. The van der Waals surface area contributed by atoms with Gasteiger partial charge in [-0.1, -0.05) is 0 Å². The number of hydrogen-bond donors (Lipinski definition) is 0. The zero-order valence-electron chi connectivity index (χ0n) is 13.9. The molecule has 0 radical (unpaired) electrons. The van der Waals surface area contributed by atoms with E-state index in [0.29, 0.717) is 10.6 Å². The van der Waals surface area contributed by atoms with E-state index in [-0.39, 0.29) is 35.9 Å². The average molecular weight is 361 g/mol. The number of carbonyl (C=O) groups excluding carboxylic acids is 3. The van der Waals surface area contributed by atoms with Crippen molar-refractivity contribution in [3.8, 4) is 0 Å². The predicted octanol–water partition coefficient (Wildman–Crippen LogP) is 2.08. The molecule has 3 aliphatic heterocycles. The van der Waals surface area contributed by atoms with Gasteiger partial charge in [0.2, 0.25) is 11.8 Å². The van der Waals surface area contributed by atoms with Crippen LogP contribution in [0.3, 0.4) is 0 Å². The number of ether oxygens (including phenoxy) is 2. The van der Waals surface area contributed by atoms with Gasteiger partial charge in [0.15, 0.2) is 0 Å². The highest BCUT2D eigenvalue weighted by Gasteiger charge is 2.63. The van der Waals surface area contributed by atoms with Crippen molar-refractivity contribution in [2.24, 2.45) is 11.8 Å². The monoisotopic (exact) mass is 361 g/mol. The Morgan fingerprint density at radius 2 is 1.76 bits per heavy atom. The number of hydrogen-bond acceptors (Lipinski definition) is 6. The Kier molecular flexibility index (Phi) is 3.34. The zero-order chi connectivity index (χ0) is 17.3. The molecule has 4 atom stereocenters. The van der Waals surface area contributed by atoms with Crippen molar-refractivity contribution >= 4 is 34.1 Å². The molecule has 0 unspecified atom stereocenters. The number of esters is 1. The fourth-order valence-corrected chi connectivity index (χ4v) is 6.32. The molecule has 0 N–H and O–H groups in total. The van der Waals surface area contributed by atoms with Crippen LogP contribution in [-0.2, 0) is 31.9 Å². The lowest BCUT2D eigenvalue weighted by atomic mass is 9.81. The van der Waals surface area contributed by atoms with Gasteiger partial charge in [-0.05, 0) is 44.1 Å². The average Bonchev–Trinajstić information content (AvgIpc) is 3.36. The highest BCUT2D eigenvalue weighted by Crippen LogP contribution is 2.51. The molecule has 0 saturated carbocycles. The first-order chi connectivity index (χ1) is 12.1. The van der Waals surface area contributed by atoms with Crippen molar-refractivity contribution in [2.75, 3.05) is 12.0 Å². The maximum atomic E-state index is 13.0. The van der Waals surface area contributed by atoms with Gasteiger partial charge in [-0.25, -0.2) is 9.69 Å². The number of thiophene rings is 1. The van der Waals surface area contributed by atoms with Crippen molar-refractivity contribution in [1.29, 1.82) is 0 Å². The smallest absolute Gasteiger partial charge is 0.341 e. The summed E-state index contributed by atoms with van der Waals surface area (Å²) in [5.41, 5.74) is 1.40. The highest BCUT2D eigenvalue weighted by molar-refractivity contribution is 7.17. The quantitative estimate of drug-likeness (QED) is 0.596. The normalized spacial score (nSPS) is 32.9. The van der Waals surface area contributed by atoms with Gasteiger partial charge in [0, 0.05) is 4.88 Å². The van der Waals surface area contributed by atoms with Crippen molar-refractivity contribution < 1.29 is 23.9 Å². The second-order valence-electron chi connectivity index (χ2n) is 7.24. The van der Waals surface area contributed by atoms with E-state index in [0.717, 1.165) is 49.0 Å². The van der Waals surface area contributed by atoms with E-state index in [2.05, 4.69) is 0 Å². The summed E-state index contributed by atoms with van der Waals surface area (Å²) in [4.78, 5) is 40.9. The minimum atomic E-state index is -0.453. The van der Waals surface area contributed by atoms with E-state index in [1.54, 1.807) is 0 Å². The molecule has 4 heterocycles. The van der Waals surface area contributed by atoms with Crippen LogP contribution in [0.25, 0.3) is 0 Å². The van der Waals surface area contributed by atoms with Gasteiger partial charge in [0.05, 0.1) is 36.7 Å². The summed E-state index contributed by atoms with van der Waals surface area (Å²) in [6.45, 7) is 0. The lowest BCUT2D eigenvalue weighted by Gasteiger charge is -2.17. The van der Waals surface area contributed by atoms with E-state index < -0.39 is 5.97 Å². The first kappa shape index (κ1) is 15.5. The fourth-order valence-electron chi connectivity index (χ4n) is 4.93. The first-order valence-corrected chi connectivity index (χ1v) is 9.69.